The number of methoxy groups -OCH3 is 2. The Hall–Kier alpha value is -4.65. The highest BCUT2D eigenvalue weighted by atomic mass is 16.5. The first-order valence-electron chi connectivity index (χ1n) is 13.9. The van der Waals surface area contributed by atoms with Crippen molar-refractivity contribution in [3.05, 3.63) is 113 Å². The van der Waals surface area contributed by atoms with Gasteiger partial charge in [-0.25, -0.2) is 0 Å². The van der Waals surface area contributed by atoms with E-state index in [9.17, 15) is 4.79 Å². The van der Waals surface area contributed by atoms with Crippen molar-refractivity contribution in [3.63, 3.8) is 0 Å². The Morgan fingerprint density at radius 3 is 2.66 bits per heavy atom. The molecule has 7 nitrogen and oxygen atoms in total. The van der Waals surface area contributed by atoms with Crippen molar-refractivity contribution >= 4 is 23.4 Å². The van der Waals surface area contributed by atoms with E-state index in [1.807, 2.05) is 43.5 Å². The van der Waals surface area contributed by atoms with Crippen LogP contribution >= 0.6 is 0 Å². The third kappa shape index (κ3) is 6.92. The highest BCUT2D eigenvalue weighted by Crippen LogP contribution is 2.31. The van der Waals surface area contributed by atoms with Gasteiger partial charge < -0.3 is 20.1 Å². The molecule has 2 atom stereocenters. The van der Waals surface area contributed by atoms with Gasteiger partial charge in [-0.05, 0) is 104 Å². The molecule has 4 aromatic rings. The maximum atomic E-state index is 12.7. The van der Waals surface area contributed by atoms with E-state index in [0.29, 0.717) is 11.5 Å². The lowest BCUT2D eigenvalue weighted by Gasteiger charge is -2.21. The number of rotatable bonds is 10. The number of aromatic nitrogens is 2. The number of anilines is 2. The van der Waals surface area contributed by atoms with Gasteiger partial charge in [0.1, 0.15) is 0 Å². The fourth-order valence-corrected chi connectivity index (χ4v) is 5.18. The van der Waals surface area contributed by atoms with Crippen LogP contribution in [0.3, 0.4) is 0 Å². The number of carbonyl (C=O) groups excluding carboxylic acids is 1. The van der Waals surface area contributed by atoms with Gasteiger partial charge in [0.25, 0.3) is 5.91 Å². The summed E-state index contributed by atoms with van der Waals surface area (Å²) in [4.78, 5) is 21.5. The maximum Gasteiger partial charge on any atom is 0.257 e. The Bertz CT molecular complexity index is 1570. The van der Waals surface area contributed by atoms with Crippen LogP contribution in [0.1, 0.15) is 57.7 Å². The third-order valence-electron chi connectivity index (χ3n) is 7.43. The molecule has 1 aliphatic carbocycles. The molecule has 2 N–H and O–H groups in total. The van der Waals surface area contributed by atoms with Gasteiger partial charge >= 0.3 is 0 Å². The second-order valence-electron chi connectivity index (χ2n) is 10.5. The summed E-state index contributed by atoms with van der Waals surface area (Å²) in [5.74, 6) is 1.78. The number of carbonyl (C=O) groups is 1. The molecule has 0 aliphatic heterocycles. The summed E-state index contributed by atoms with van der Waals surface area (Å²) in [6.07, 6.45) is 12.6. The zero-order valence-corrected chi connectivity index (χ0v) is 24.0. The number of ether oxygens (including phenoxy) is 2. The van der Waals surface area contributed by atoms with Crippen LogP contribution in [-0.2, 0) is 12.8 Å². The van der Waals surface area contributed by atoms with Crippen LogP contribution in [0, 0.1) is 12.8 Å². The topological polar surface area (TPSA) is 85.4 Å². The first kappa shape index (κ1) is 27.9. The molecule has 0 saturated heterocycles. The Morgan fingerprint density at radius 2 is 1.85 bits per heavy atom. The van der Waals surface area contributed by atoms with Gasteiger partial charge in [0.2, 0.25) is 0 Å². The fourth-order valence-electron chi connectivity index (χ4n) is 5.18. The molecule has 1 unspecified atom stereocenters. The Kier molecular flexibility index (Phi) is 8.63. The van der Waals surface area contributed by atoms with Gasteiger partial charge in [0.05, 0.1) is 37.4 Å². The second-order valence-corrected chi connectivity index (χ2v) is 10.5. The summed E-state index contributed by atoms with van der Waals surface area (Å²) in [7, 11) is 3.32. The van der Waals surface area contributed by atoms with E-state index in [0.717, 1.165) is 59.0 Å². The number of fused-ring (bicyclic) bond motifs is 1. The summed E-state index contributed by atoms with van der Waals surface area (Å²) in [6.45, 7) is 4.03. The van der Waals surface area contributed by atoms with Crippen molar-refractivity contribution < 1.29 is 14.3 Å². The van der Waals surface area contributed by atoms with E-state index in [2.05, 4.69) is 59.0 Å². The van der Waals surface area contributed by atoms with Crippen LogP contribution in [-0.4, -0.2) is 30.1 Å². The number of amides is 1. The molecule has 0 radical (unpaired) electrons. The van der Waals surface area contributed by atoms with Crippen molar-refractivity contribution in [2.45, 2.75) is 39.2 Å². The summed E-state index contributed by atoms with van der Waals surface area (Å²) < 4.78 is 10.8. The van der Waals surface area contributed by atoms with Crippen LogP contribution < -0.4 is 20.1 Å². The smallest absolute Gasteiger partial charge is 0.257 e. The minimum Gasteiger partial charge on any atom is -0.493 e. The van der Waals surface area contributed by atoms with Crippen LogP contribution in [0.4, 0.5) is 11.4 Å². The minimum absolute atomic E-state index is 0.0207. The second kappa shape index (κ2) is 12.7. The molecule has 0 spiro atoms. The van der Waals surface area contributed by atoms with Crippen LogP contribution in [0.5, 0.6) is 11.5 Å². The number of nitrogens with one attached hydrogen (secondary N) is 2. The van der Waals surface area contributed by atoms with E-state index in [1.165, 1.54) is 11.1 Å². The third-order valence-corrected chi connectivity index (χ3v) is 7.43. The predicted octanol–water partition coefficient (Wildman–Crippen LogP) is 7.05. The number of benzene rings is 2. The molecule has 0 bridgehead atoms. The molecular weight excluding hydrogens is 512 g/mol. The molecule has 210 valence electrons. The van der Waals surface area contributed by atoms with Crippen molar-refractivity contribution in [3.8, 4) is 11.5 Å². The number of hydrogen-bond donors (Lipinski definition) is 2. The zero-order valence-electron chi connectivity index (χ0n) is 24.0. The Morgan fingerprint density at radius 1 is 1.00 bits per heavy atom. The lowest BCUT2D eigenvalue weighted by Crippen LogP contribution is -2.14. The minimum atomic E-state index is -0.174. The SMILES string of the molecule is COc1ccc(CCC2C=Cc3ncc(N[C@@H](C)c4cccc(NC(=O)c5cncc(C)c5)c4)cc3C2)cc1OC. The molecule has 2 aromatic heterocycles. The molecule has 0 saturated carbocycles. The average Bonchev–Trinajstić information content (AvgIpc) is 2.99. The summed E-state index contributed by atoms with van der Waals surface area (Å²) >= 11 is 0. The van der Waals surface area contributed by atoms with E-state index in [1.54, 1.807) is 26.6 Å². The van der Waals surface area contributed by atoms with E-state index in [-0.39, 0.29) is 11.9 Å². The standard InChI is InChI=1S/C34H36N4O3/c1-22-14-28(20-35-19-22)34(39)38-29-7-5-6-26(17-29)23(2)37-30-18-27-15-24(10-12-31(27)36-21-30)8-9-25-11-13-32(40-3)33(16-25)41-4/h5-7,10-14,16-21,23-24,37H,8-9,15H2,1-4H3,(H,38,39)/t23-,24?/m0/s1. The Labute approximate surface area is 241 Å². The number of allylic oxidation sites excluding steroid dienone is 1. The first-order valence-corrected chi connectivity index (χ1v) is 13.9. The lowest BCUT2D eigenvalue weighted by atomic mass is 9.88. The molecule has 41 heavy (non-hydrogen) atoms. The molecule has 7 heteroatoms. The fraction of sp³-hybridized carbons (Fsp3) is 0.265. The molecule has 2 heterocycles. The van der Waals surface area contributed by atoms with Gasteiger partial charge in [-0.2, -0.15) is 0 Å². The molecule has 0 fully saturated rings. The van der Waals surface area contributed by atoms with Gasteiger partial charge in [0.15, 0.2) is 11.5 Å². The molecule has 1 amide bonds. The monoisotopic (exact) mass is 548 g/mol. The largest absolute Gasteiger partial charge is 0.493 e. The number of pyridine rings is 2. The maximum absolute atomic E-state index is 12.7. The van der Waals surface area contributed by atoms with Crippen molar-refractivity contribution in [2.24, 2.45) is 5.92 Å². The number of hydrogen-bond acceptors (Lipinski definition) is 6. The summed E-state index contributed by atoms with van der Waals surface area (Å²) in [6, 6.07) is 18.1. The van der Waals surface area contributed by atoms with Crippen molar-refractivity contribution in [2.75, 3.05) is 24.9 Å². The van der Waals surface area contributed by atoms with Crippen LogP contribution in [0.15, 0.2) is 79.3 Å². The average molecular weight is 549 g/mol. The molecule has 2 aromatic carbocycles. The zero-order chi connectivity index (χ0) is 28.8. The summed E-state index contributed by atoms with van der Waals surface area (Å²) in [5.41, 5.74) is 7.78. The predicted molar refractivity (Wildman–Crippen MR) is 164 cm³/mol. The molecule has 5 rings (SSSR count). The van der Waals surface area contributed by atoms with Crippen LogP contribution in [0.2, 0.25) is 0 Å². The van der Waals surface area contributed by atoms with Gasteiger partial charge in [-0.3, -0.25) is 14.8 Å². The lowest BCUT2D eigenvalue weighted by molar-refractivity contribution is 0.102. The highest BCUT2D eigenvalue weighted by Gasteiger charge is 2.17. The molecular formula is C34H36N4O3. The molecule has 1 aliphatic rings. The first-order chi connectivity index (χ1) is 19.9. The van der Waals surface area contributed by atoms with Crippen molar-refractivity contribution in [1.82, 2.24) is 9.97 Å². The number of aryl methyl sites for hydroxylation is 2. The van der Waals surface area contributed by atoms with E-state index >= 15 is 0 Å². The van der Waals surface area contributed by atoms with E-state index < -0.39 is 0 Å². The van der Waals surface area contributed by atoms with Gasteiger partial charge in [-0.15, -0.1) is 0 Å². The normalized spacial score (nSPS) is 14.6. The van der Waals surface area contributed by atoms with Gasteiger partial charge in [-0.1, -0.05) is 24.3 Å². The summed E-state index contributed by atoms with van der Waals surface area (Å²) in [5, 5.41) is 6.58. The van der Waals surface area contributed by atoms with Crippen molar-refractivity contribution in [1.29, 1.82) is 0 Å². The quantitative estimate of drug-likeness (QED) is 0.221. The van der Waals surface area contributed by atoms with Gasteiger partial charge in [0, 0.05) is 24.1 Å². The Balaban J connectivity index is 1.20. The number of nitrogens with zero attached hydrogens (tertiary/aromatic N) is 2. The highest BCUT2D eigenvalue weighted by molar-refractivity contribution is 6.04. The van der Waals surface area contributed by atoms with E-state index in [4.69, 9.17) is 14.5 Å². The van der Waals surface area contributed by atoms with Crippen LogP contribution in [0.25, 0.3) is 6.08 Å².